The first kappa shape index (κ1) is 24.2. The molecule has 1 saturated heterocycles. The molecule has 0 spiro atoms. The Hall–Kier alpha value is -3.93. The highest BCUT2D eigenvalue weighted by atomic mass is 16.5. The van der Waals surface area contributed by atoms with Crippen LogP contribution in [-0.4, -0.2) is 27.9 Å². The predicted octanol–water partition coefficient (Wildman–Crippen LogP) is 5.93. The van der Waals surface area contributed by atoms with E-state index in [1.165, 1.54) is 4.90 Å². The first-order valence-corrected chi connectivity index (χ1v) is 11.8. The molecule has 0 radical (unpaired) electrons. The van der Waals surface area contributed by atoms with Gasteiger partial charge in [0.05, 0.1) is 17.4 Å². The second-order valence-corrected chi connectivity index (χ2v) is 9.32. The van der Waals surface area contributed by atoms with Crippen LogP contribution in [0.3, 0.4) is 0 Å². The van der Waals surface area contributed by atoms with E-state index >= 15 is 0 Å². The topological polar surface area (TPSA) is 79.7 Å². The summed E-state index contributed by atoms with van der Waals surface area (Å²) in [6, 6.07) is 17.2. The molecule has 1 N–H and O–H groups in total. The van der Waals surface area contributed by atoms with Crippen LogP contribution in [-0.2, 0) is 9.59 Å². The number of carbonyl (C=O) groups is 2. The molecule has 1 aliphatic heterocycles. The normalized spacial score (nSPS) is 17.5. The first-order valence-electron chi connectivity index (χ1n) is 11.8. The maximum atomic E-state index is 13.3. The monoisotopic (exact) mass is 470 g/mol. The van der Waals surface area contributed by atoms with Gasteiger partial charge >= 0.3 is 0 Å². The van der Waals surface area contributed by atoms with Crippen molar-refractivity contribution in [2.75, 3.05) is 4.90 Å². The number of benzene rings is 2. The maximum absolute atomic E-state index is 13.3. The number of ketones is 1. The molecule has 35 heavy (non-hydrogen) atoms. The summed E-state index contributed by atoms with van der Waals surface area (Å²) in [5.74, 6) is -0.651. The average Bonchev–Trinajstić information content (AvgIpc) is 3.10. The molecule has 1 fully saturated rings. The Morgan fingerprint density at radius 2 is 1.71 bits per heavy atom. The maximum Gasteiger partial charge on any atom is 0.300 e. The highest BCUT2D eigenvalue weighted by molar-refractivity contribution is 6.51. The van der Waals surface area contributed by atoms with Gasteiger partial charge < -0.3 is 9.84 Å². The third kappa shape index (κ3) is 4.69. The second-order valence-electron chi connectivity index (χ2n) is 9.32. The zero-order valence-corrected chi connectivity index (χ0v) is 20.6. The van der Waals surface area contributed by atoms with Crippen LogP contribution in [0.1, 0.15) is 62.0 Å². The van der Waals surface area contributed by atoms with Crippen LogP contribution in [0, 0.1) is 6.92 Å². The predicted molar refractivity (Wildman–Crippen MR) is 136 cm³/mol. The van der Waals surface area contributed by atoms with Crippen molar-refractivity contribution in [1.29, 1.82) is 0 Å². The zero-order valence-electron chi connectivity index (χ0n) is 20.6. The Morgan fingerprint density at radius 1 is 1.00 bits per heavy atom. The van der Waals surface area contributed by atoms with Crippen molar-refractivity contribution in [3.8, 4) is 5.75 Å². The van der Waals surface area contributed by atoms with E-state index in [0.717, 1.165) is 11.1 Å². The van der Waals surface area contributed by atoms with Crippen molar-refractivity contribution in [1.82, 2.24) is 4.98 Å². The van der Waals surface area contributed by atoms with E-state index in [0.29, 0.717) is 28.6 Å². The summed E-state index contributed by atoms with van der Waals surface area (Å²) in [6.45, 7) is 9.94. The van der Waals surface area contributed by atoms with Gasteiger partial charge in [0.2, 0.25) is 0 Å². The van der Waals surface area contributed by atoms with E-state index < -0.39 is 17.7 Å². The quantitative estimate of drug-likeness (QED) is 0.275. The number of anilines is 1. The van der Waals surface area contributed by atoms with E-state index in [9.17, 15) is 14.7 Å². The van der Waals surface area contributed by atoms with Gasteiger partial charge in [-0.25, -0.2) is 0 Å². The second kappa shape index (κ2) is 9.74. The van der Waals surface area contributed by atoms with E-state index in [4.69, 9.17) is 4.74 Å². The third-order valence-corrected chi connectivity index (χ3v) is 6.06. The molecule has 6 heteroatoms. The van der Waals surface area contributed by atoms with E-state index in [1.54, 1.807) is 42.6 Å². The molecule has 2 heterocycles. The summed E-state index contributed by atoms with van der Waals surface area (Å²) in [4.78, 5) is 32.4. The van der Waals surface area contributed by atoms with Gasteiger partial charge in [0.15, 0.2) is 0 Å². The van der Waals surface area contributed by atoms with Gasteiger partial charge in [-0.3, -0.25) is 19.5 Å². The number of pyridine rings is 1. The SMILES string of the molecule is Cc1cc(/C(O)=C2/C(=O)C(=O)N(c3ccc(C(C)C)cc3)C2c2ccccn2)ccc1OC(C)C. The lowest BCUT2D eigenvalue weighted by molar-refractivity contribution is -0.132. The van der Waals surface area contributed by atoms with Gasteiger partial charge in [0.25, 0.3) is 11.7 Å². The number of Topliss-reactive ketones (excluding diaryl/α,β-unsaturated/α-hetero) is 1. The van der Waals surface area contributed by atoms with Gasteiger partial charge in [-0.1, -0.05) is 32.0 Å². The highest BCUT2D eigenvalue weighted by Gasteiger charge is 2.47. The minimum Gasteiger partial charge on any atom is -0.507 e. The lowest BCUT2D eigenvalue weighted by atomic mass is 9.97. The Morgan fingerprint density at radius 3 is 2.29 bits per heavy atom. The zero-order chi connectivity index (χ0) is 25.3. The lowest BCUT2D eigenvalue weighted by Gasteiger charge is -2.25. The minimum atomic E-state index is -0.854. The number of aryl methyl sites for hydroxylation is 1. The van der Waals surface area contributed by atoms with Crippen molar-refractivity contribution in [3.05, 3.63) is 94.8 Å². The summed E-state index contributed by atoms with van der Waals surface area (Å²) in [6.07, 6.45) is 1.61. The number of amides is 1. The Kier molecular flexibility index (Phi) is 6.74. The van der Waals surface area contributed by atoms with E-state index in [2.05, 4.69) is 18.8 Å². The van der Waals surface area contributed by atoms with Crippen molar-refractivity contribution >= 4 is 23.1 Å². The summed E-state index contributed by atoms with van der Waals surface area (Å²) >= 11 is 0. The average molecular weight is 471 g/mol. The molecule has 0 saturated carbocycles. The summed E-state index contributed by atoms with van der Waals surface area (Å²) in [5, 5.41) is 11.3. The fraction of sp³-hybridized carbons (Fsp3) is 0.276. The third-order valence-electron chi connectivity index (χ3n) is 6.06. The fourth-order valence-electron chi connectivity index (χ4n) is 4.27. The molecule has 1 aromatic heterocycles. The number of aliphatic hydroxyl groups excluding tert-OH is 1. The number of ether oxygens (including phenoxy) is 1. The van der Waals surface area contributed by atoms with E-state index in [-0.39, 0.29) is 17.4 Å². The molecule has 2 aromatic carbocycles. The largest absolute Gasteiger partial charge is 0.507 e. The summed E-state index contributed by atoms with van der Waals surface area (Å²) < 4.78 is 5.80. The molecule has 0 aliphatic carbocycles. The Bertz CT molecular complexity index is 1280. The van der Waals surface area contributed by atoms with Crippen LogP contribution in [0.5, 0.6) is 5.75 Å². The van der Waals surface area contributed by atoms with Crippen LogP contribution in [0.2, 0.25) is 0 Å². The molecule has 1 aliphatic rings. The number of aromatic nitrogens is 1. The minimum absolute atomic E-state index is 0.00436. The molecule has 0 bridgehead atoms. The number of rotatable bonds is 6. The van der Waals surface area contributed by atoms with Crippen molar-refractivity contribution in [3.63, 3.8) is 0 Å². The standard InChI is InChI=1S/C29H30N2O4/c1-17(2)20-9-12-22(13-10-20)31-26(23-8-6-7-15-30-23)25(28(33)29(31)34)27(32)21-11-14-24(19(5)16-21)35-18(3)4/h6-18,26,32H,1-5H3/b27-25-. The smallest absolute Gasteiger partial charge is 0.300 e. The molecule has 6 nitrogen and oxygen atoms in total. The molecule has 3 aromatic rings. The van der Waals surface area contributed by atoms with Crippen molar-refractivity contribution < 1.29 is 19.4 Å². The van der Waals surface area contributed by atoms with Crippen LogP contribution in [0.15, 0.2) is 72.4 Å². The summed E-state index contributed by atoms with van der Waals surface area (Å²) in [5.41, 5.74) is 3.46. The molecular formula is C29H30N2O4. The van der Waals surface area contributed by atoms with Crippen LogP contribution in [0.4, 0.5) is 5.69 Å². The van der Waals surface area contributed by atoms with Gasteiger partial charge in [0, 0.05) is 17.4 Å². The lowest BCUT2D eigenvalue weighted by Crippen LogP contribution is -2.29. The molecule has 1 unspecified atom stereocenters. The van der Waals surface area contributed by atoms with Gasteiger partial charge in [0.1, 0.15) is 17.6 Å². The molecule has 180 valence electrons. The number of hydrogen-bond acceptors (Lipinski definition) is 5. The molecule has 1 amide bonds. The fourth-order valence-corrected chi connectivity index (χ4v) is 4.27. The number of hydrogen-bond donors (Lipinski definition) is 1. The van der Waals surface area contributed by atoms with Crippen LogP contribution in [0.25, 0.3) is 5.76 Å². The van der Waals surface area contributed by atoms with Gasteiger partial charge in [-0.15, -0.1) is 0 Å². The number of aliphatic hydroxyl groups is 1. The summed E-state index contributed by atoms with van der Waals surface area (Å²) in [7, 11) is 0. The van der Waals surface area contributed by atoms with Crippen molar-refractivity contribution in [2.24, 2.45) is 0 Å². The molecule has 4 rings (SSSR count). The number of nitrogens with zero attached hydrogens (tertiary/aromatic N) is 2. The Labute approximate surface area is 205 Å². The first-order chi connectivity index (χ1) is 16.7. The van der Waals surface area contributed by atoms with Crippen LogP contribution >= 0.6 is 0 Å². The number of carbonyl (C=O) groups excluding carboxylic acids is 2. The van der Waals surface area contributed by atoms with Gasteiger partial charge in [-0.05, 0) is 80.3 Å². The molecular weight excluding hydrogens is 440 g/mol. The molecule has 1 atom stereocenters. The van der Waals surface area contributed by atoms with E-state index in [1.807, 2.05) is 45.0 Å². The Balaban J connectivity index is 1.85. The van der Waals surface area contributed by atoms with Gasteiger partial charge in [-0.2, -0.15) is 0 Å². The van der Waals surface area contributed by atoms with Crippen LogP contribution < -0.4 is 9.64 Å². The highest BCUT2D eigenvalue weighted by Crippen LogP contribution is 2.42. The van der Waals surface area contributed by atoms with Crippen molar-refractivity contribution in [2.45, 2.75) is 52.7 Å².